The van der Waals surface area contributed by atoms with Crippen LogP contribution in [0.15, 0.2) is 54.2 Å². The van der Waals surface area contributed by atoms with Gasteiger partial charge >= 0.3 is 6.18 Å². The molecular formula is C23H23F3N2O3. The third-order valence-electron chi connectivity index (χ3n) is 4.63. The van der Waals surface area contributed by atoms with Crippen molar-refractivity contribution >= 4 is 23.1 Å². The van der Waals surface area contributed by atoms with Crippen LogP contribution in [0, 0.1) is 5.92 Å². The van der Waals surface area contributed by atoms with Gasteiger partial charge in [-0.25, -0.2) is 0 Å². The Kier molecular flexibility index (Phi) is 6.38. The van der Waals surface area contributed by atoms with Crippen LogP contribution < -0.4 is 10.1 Å². The Bertz CT molecular complexity index is 1010. The molecule has 3 rings (SSSR count). The van der Waals surface area contributed by atoms with Gasteiger partial charge in [0.25, 0.3) is 11.8 Å². The van der Waals surface area contributed by atoms with Gasteiger partial charge in [0.05, 0.1) is 17.7 Å². The van der Waals surface area contributed by atoms with E-state index in [1.54, 1.807) is 24.3 Å². The molecule has 164 valence electrons. The highest BCUT2D eigenvalue weighted by atomic mass is 19.4. The molecule has 31 heavy (non-hydrogen) atoms. The molecule has 0 aromatic heterocycles. The average molecular weight is 432 g/mol. The van der Waals surface area contributed by atoms with Gasteiger partial charge < -0.3 is 10.1 Å². The number of carbonyl (C=O) groups excluding carboxylic acids is 2. The summed E-state index contributed by atoms with van der Waals surface area (Å²) in [7, 11) is 0. The molecule has 0 aliphatic carbocycles. The van der Waals surface area contributed by atoms with Crippen LogP contribution in [0.25, 0.3) is 5.57 Å². The topological polar surface area (TPSA) is 58.6 Å². The van der Waals surface area contributed by atoms with Gasteiger partial charge in [0, 0.05) is 12.2 Å². The maximum atomic E-state index is 13.1. The monoisotopic (exact) mass is 432 g/mol. The Balaban J connectivity index is 2.04. The number of hydrogen-bond acceptors (Lipinski definition) is 4. The fraction of sp³-hybridized carbons (Fsp3) is 0.304. The summed E-state index contributed by atoms with van der Waals surface area (Å²) < 4.78 is 44.7. The highest BCUT2D eigenvalue weighted by Crippen LogP contribution is 2.34. The number of halogens is 3. The number of imide groups is 1. The van der Waals surface area contributed by atoms with Crippen molar-refractivity contribution in [3.63, 3.8) is 0 Å². The molecule has 1 heterocycles. The number of amides is 2. The molecule has 1 aliphatic rings. The number of nitrogens with zero attached hydrogens (tertiary/aromatic N) is 1. The van der Waals surface area contributed by atoms with E-state index >= 15 is 0 Å². The minimum atomic E-state index is -4.52. The predicted octanol–water partition coefficient (Wildman–Crippen LogP) is 4.95. The molecule has 0 fully saturated rings. The molecule has 0 unspecified atom stereocenters. The first kappa shape index (κ1) is 22.4. The number of rotatable bonds is 7. The van der Waals surface area contributed by atoms with E-state index in [0.717, 1.165) is 17.0 Å². The van der Waals surface area contributed by atoms with E-state index in [0.29, 0.717) is 17.9 Å². The molecule has 5 nitrogen and oxygen atoms in total. The number of hydrogen-bond donors (Lipinski definition) is 1. The van der Waals surface area contributed by atoms with Crippen LogP contribution >= 0.6 is 0 Å². The Hall–Kier alpha value is -3.29. The molecule has 1 N–H and O–H groups in total. The summed E-state index contributed by atoms with van der Waals surface area (Å²) in [5.74, 6) is -0.422. The molecule has 0 saturated heterocycles. The van der Waals surface area contributed by atoms with Gasteiger partial charge in [-0.2, -0.15) is 13.2 Å². The molecule has 0 atom stereocenters. The minimum absolute atomic E-state index is 0.0300. The molecule has 0 radical (unpaired) electrons. The zero-order valence-electron chi connectivity index (χ0n) is 17.4. The fourth-order valence-electron chi connectivity index (χ4n) is 3.29. The first-order chi connectivity index (χ1) is 14.6. The molecule has 8 heteroatoms. The minimum Gasteiger partial charge on any atom is -0.494 e. The van der Waals surface area contributed by atoms with Crippen molar-refractivity contribution in [2.45, 2.75) is 26.9 Å². The SMILES string of the molecule is CCOc1ccc(C2=C(Nc3cccc(C(F)(F)F)c3)C(=O)N(CC(C)C)C2=O)cc1. The summed E-state index contributed by atoms with van der Waals surface area (Å²) in [6.07, 6.45) is -4.52. The number of alkyl halides is 3. The zero-order valence-corrected chi connectivity index (χ0v) is 17.4. The van der Waals surface area contributed by atoms with Crippen molar-refractivity contribution < 1.29 is 27.5 Å². The van der Waals surface area contributed by atoms with E-state index in [1.165, 1.54) is 12.1 Å². The Morgan fingerprint density at radius 2 is 1.71 bits per heavy atom. The second-order valence-corrected chi connectivity index (χ2v) is 7.53. The molecule has 2 aromatic rings. The predicted molar refractivity (Wildman–Crippen MR) is 111 cm³/mol. The number of nitrogens with one attached hydrogen (secondary N) is 1. The van der Waals surface area contributed by atoms with E-state index in [9.17, 15) is 22.8 Å². The summed E-state index contributed by atoms with van der Waals surface area (Å²) in [6, 6.07) is 11.2. The van der Waals surface area contributed by atoms with Gasteiger partial charge in [0.1, 0.15) is 11.4 Å². The van der Waals surface area contributed by atoms with E-state index in [4.69, 9.17) is 4.74 Å². The average Bonchev–Trinajstić information content (AvgIpc) is 2.92. The highest BCUT2D eigenvalue weighted by molar-refractivity contribution is 6.36. The number of anilines is 1. The van der Waals surface area contributed by atoms with Crippen molar-refractivity contribution in [1.82, 2.24) is 4.90 Å². The molecule has 1 aliphatic heterocycles. The van der Waals surface area contributed by atoms with Gasteiger partial charge in [-0.1, -0.05) is 32.0 Å². The summed E-state index contributed by atoms with van der Waals surface area (Å²) in [5.41, 5.74) is -0.236. The van der Waals surface area contributed by atoms with Crippen molar-refractivity contribution in [2.75, 3.05) is 18.5 Å². The smallest absolute Gasteiger partial charge is 0.416 e. The van der Waals surface area contributed by atoms with Gasteiger partial charge in [0.2, 0.25) is 0 Å². The molecule has 0 spiro atoms. The zero-order chi connectivity index (χ0) is 22.8. The van der Waals surface area contributed by atoms with Crippen LogP contribution in [0.2, 0.25) is 0 Å². The first-order valence-corrected chi connectivity index (χ1v) is 9.89. The van der Waals surface area contributed by atoms with Gasteiger partial charge in [-0.3, -0.25) is 14.5 Å². The van der Waals surface area contributed by atoms with Gasteiger partial charge in [-0.15, -0.1) is 0 Å². The Morgan fingerprint density at radius 1 is 1.03 bits per heavy atom. The maximum Gasteiger partial charge on any atom is 0.416 e. The second-order valence-electron chi connectivity index (χ2n) is 7.53. The lowest BCUT2D eigenvalue weighted by Crippen LogP contribution is -2.35. The number of carbonyl (C=O) groups is 2. The lowest BCUT2D eigenvalue weighted by molar-refractivity contribution is -0.138. The molecule has 0 bridgehead atoms. The summed E-state index contributed by atoms with van der Waals surface area (Å²) >= 11 is 0. The van der Waals surface area contributed by atoms with Crippen LogP contribution in [0.3, 0.4) is 0 Å². The van der Waals surface area contributed by atoms with E-state index in [2.05, 4.69) is 5.32 Å². The standard InChI is InChI=1S/C23H23F3N2O3/c1-4-31-18-10-8-15(9-11-18)19-20(22(30)28(21(19)29)13-14(2)3)27-17-7-5-6-16(12-17)23(24,25)26/h5-12,14,27H,4,13H2,1-3H3. The fourth-order valence-corrected chi connectivity index (χ4v) is 3.29. The van der Waals surface area contributed by atoms with Crippen LogP contribution in [0.4, 0.5) is 18.9 Å². The molecule has 0 saturated carbocycles. The van der Waals surface area contributed by atoms with Crippen LogP contribution in [0.5, 0.6) is 5.75 Å². The lowest BCUT2D eigenvalue weighted by Gasteiger charge is -2.17. The van der Waals surface area contributed by atoms with Crippen LogP contribution in [-0.2, 0) is 15.8 Å². The highest BCUT2D eigenvalue weighted by Gasteiger charge is 2.39. The Labute approximate surface area is 178 Å². The van der Waals surface area contributed by atoms with Crippen LogP contribution in [0.1, 0.15) is 31.9 Å². The van der Waals surface area contributed by atoms with Crippen molar-refractivity contribution in [3.05, 3.63) is 65.4 Å². The van der Waals surface area contributed by atoms with E-state index < -0.39 is 23.6 Å². The number of benzene rings is 2. The maximum absolute atomic E-state index is 13.1. The molecule has 2 aromatic carbocycles. The van der Waals surface area contributed by atoms with Crippen molar-refractivity contribution in [2.24, 2.45) is 5.92 Å². The first-order valence-electron chi connectivity index (χ1n) is 9.89. The summed E-state index contributed by atoms with van der Waals surface area (Å²) in [5, 5.41) is 2.76. The quantitative estimate of drug-likeness (QED) is 0.629. The third-order valence-corrected chi connectivity index (χ3v) is 4.63. The number of ether oxygens (including phenoxy) is 1. The lowest BCUT2D eigenvalue weighted by atomic mass is 10.0. The normalized spacial score (nSPS) is 14.6. The van der Waals surface area contributed by atoms with Gasteiger partial charge in [-0.05, 0) is 48.7 Å². The van der Waals surface area contributed by atoms with Gasteiger partial charge in [0.15, 0.2) is 0 Å². The molecule has 2 amide bonds. The summed E-state index contributed by atoms with van der Waals surface area (Å²) in [6.45, 7) is 6.26. The third kappa shape index (κ3) is 4.90. The second kappa shape index (κ2) is 8.83. The van der Waals surface area contributed by atoms with Crippen molar-refractivity contribution in [1.29, 1.82) is 0 Å². The molecular weight excluding hydrogens is 409 g/mol. The largest absolute Gasteiger partial charge is 0.494 e. The Morgan fingerprint density at radius 3 is 2.29 bits per heavy atom. The van der Waals surface area contributed by atoms with E-state index in [1.807, 2.05) is 20.8 Å². The van der Waals surface area contributed by atoms with Crippen molar-refractivity contribution in [3.8, 4) is 5.75 Å². The van der Waals surface area contributed by atoms with Crippen LogP contribution in [-0.4, -0.2) is 29.9 Å². The summed E-state index contributed by atoms with van der Waals surface area (Å²) in [4.78, 5) is 27.2. The van der Waals surface area contributed by atoms with E-state index in [-0.39, 0.29) is 29.4 Å².